The van der Waals surface area contributed by atoms with Crippen LogP contribution >= 0.6 is 11.3 Å². The Kier molecular flexibility index (Phi) is 1.26. The molecule has 0 saturated heterocycles. The fourth-order valence-electron chi connectivity index (χ4n) is 1.15. The standard InChI is InChI=1S/C7H7NO2S/c9-6(10)7(1-2-7)5-3-11-4-8-5/h3-4H,1-2H2,(H,9,10). The average molecular weight is 169 g/mol. The predicted octanol–water partition coefficient (Wildman–Crippen LogP) is 1.26. The quantitative estimate of drug-likeness (QED) is 0.725. The number of aromatic nitrogens is 1. The number of nitrogens with zero attached hydrogens (tertiary/aromatic N) is 1. The molecule has 1 N–H and O–H groups in total. The van der Waals surface area contributed by atoms with Crippen molar-refractivity contribution in [3.63, 3.8) is 0 Å². The van der Waals surface area contributed by atoms with Gasteiger partial charge in [-0.1, -0.05) is 0 Å². The maximum atomic E-state index is 10.7. The molecule has 4 heteroatoms. The van der Waals surface area contributed by atoms with Crippen LogP contribution in [-0.4, -0.2) is 16.1 Å². The van der Waals surface area contributed by atoms with Gasteiger partial charge in [0.1, 0.15) is 5.41 Å². The van der Waals surface area contributed by atoms with Gasteiger partial charge in [0.15, 0.2) is 0 Å². The molecule has 1 heterocycles. The molecule has 0 radical (unpaired) electrons. The number of carboxylic acid groups (broad SMARTS) is 1. The fourth-order valence-corrected chi connectivity index (χ4v) is 1.80. The lowest BCUT2D eigenvalue weighted by molar-refractivity contribution is -0.140. The Balaban J connectivity index is 2.36. The van der Waals surface area contributed by atoms with Crippen LogP contribution in [0.25, 0.3) is 0 Å². The van der Waals surface area contributed by atoms with E-state index in [9.17, 15) is 4.79 Å². The van der Waals surface area contributed by atoms with Crippen molar-refractivity contribution in [1.29, 1.82) is 0 Å². The van der Waals surface area contributed by atoms with E-state index in [4.69, 9.17) is 5.11 Å². The summed E-state index contributed by atoms with van der Waals surface area (Å²) < 4.78 is 0. The van der Waals surface area contributed by atoms with Crippen molar-refractivity contribution in [1.82, 2.24) is 4.98 Å². The molecule has 1 fully saturated rings. The summed E-state index contributed by atoms with van der Waals surface area (Å²) in [7, 11) is 0. The molecule has 0 amide bonds. The SMILES string of the molecule is O=C(O)C1(c2cscn2)CC1. The van der Waals surface area contributed by atoms with E-state index in [1.54, 1.807) is 5.51 Å². The Morgan fingerprint density at radius 2 is 2.45 bits per heavy atom. The summed E-state index contributed by atoms with van der Waals surface area (Å²) in [5.74, 6) is -0.733. The monoisotopic (exact) mass is 169 g/mol. The number of thiazole rings is 1. The number of carbonyl (C=O) groups is 1. The van der Waals surface area contributed by atoms with Gasteiger partial charge in [-0.3, -0.25) is 4.79 Å². The van der Waals surface area contributed by atoms with Gasteiger partial charge in [-0.15, -0.1) is 11.3 Å². The van der Waals surface area contributed by atoms with Crippen LogP contribution in [0.2, 0.25) is 0 Å². The van der Waals surface area contributed by atoms with Gasteiger partial charge in [0, 0.05) is 5.38 Å². The molecule has 1 aliphatic carbocycles. The maximum Gasteiger partial charge on any atom is 0.315 e. The van der Waals surface area contributed by atoms with Crippen LogP contribution in [-0.2, 0) is 10.2 Å². The second-order valence-corrected chi connectivity index (χ2v) is 3.48. The van der Waals surface area contributed by atoms with Crippen molar-refractivity contribution in [3.8, 4) is 0 Å². The topological polar surface area (TPSA) is 50.2 Å². The highest BCUT2D eigenvalue weighted by atomic mass is 32.1. The molecule has 0 unspecified atom stereocenters. The van der Waals surface area contributed by atoms with Gasteiger partial charge in [0.05, 0.1) is 11.2 Å². The zero-order chi connectivity index (χ0) is 7.90. The Morgan fingerprint density at radius 1 is 1.73 bits per heavy atom. The number of hydrogen-bond acceptors (Lipinski definition) is 3. The van der Waals surface area contributed by atoms with E-state index >= 15 is 0 Å². The van der Waals surface area contributed by atoms with Gasteiger partial charge < -0.3 is 5.11 Å². The van der Waals surface area contributed by atoms with Crippen LogP contribution in [0.5, 0.6) is 0 Å². The van der Waals surface area contributed by atoms with E-state index in [0.717, 1.165) is 18.5 Å². The van der Waals surface area contributed by atoms with Crippen LogP contribution < -0.4 is 0 Å². The highest BCUT2D eigenvalue weighted by molar-refractivity contribution is 7.07. The lowest BCUT2D eigenvalue weighted by Gasteiger charge is -2.03. The molecule has 0 bridgehead atoms. The summed E-state index contributed by atoms with van der Waals surface area (Å²) in [6, 6.07) is 0. The van der Waals surface area contributed by atoms with E-state index in [1.807, 2.05) is 5.38 Å². The van der Waals surface area contributed by atoms with Crippen LogP contribution in [0.4, 0.5) is 0 Å². The summed E-state index contributed by atoms with van der Waals surface area (Å²) in [4.78, 5) is 14.8. The number of aliphatic carboxylic acids is 1. The summed E-state index contributed by atoms with van der Waals surface area (Å²) in [6.45, 7) is 0. The molecule has 2 rings (SSSR count). The van der Waals surface area contributed by atoms with E-state index in [2.05, 4.69) is 4.98 Å². The van der Waals surface area contributed by atoms with Gasteiger partial charge in [0.25, 0.3) is 0 Å². The molecule has 1 aliphatic rings. The zero-order valence-electron chi connectivity index (χ0n) is 5.78. The Bertz CT molecular complexity index is 277. The molecule has 0 atom stereocenters. The summed E-state index contributed by atoms with van der Waals surface area (Å²) in [5, 5.41) is 10.7. The van der Waals surface area contributed by atoms with Crippen molar-refractivity contribution in [2.45, 2.75) is 18.3 Å². The average Bonchev–Trinajstić information content (AvgIpc) is 2.61. The molecular formula is C7H7NO2S. The second-order valence-electron chi connectivity index (χ2n) is 2.76. The zero-order valence-corrected chi connectivity index (χ0v) is 6.60. The van der Waals surface area contributed by atoms with Crippen molar-refractivity contribution < 1.29 is 9.90 Å². The van der Waals surface area contributed by atoms with Gasteiger partial charge in [-0.05, 0) is 12.8 Å². The van der Waals surface area contributed by atoms with Crippen molar-refractivity contribution in [2.24, 2.45) is 0 Å². The number of rotatable bonds is 2. The largest absolute Gasteiger partial charge is 0.481 e. The first-order chi connectivity index (χ1) is 5.26. The minimum atomic E-state index is -0.733. The smallest absolute Gasteiger partial charge is 0.315 e. The fraction of sp³-hybridized carbons (Fsp3) is 0.429. The lowest BCUT2D eigenvalue weighted by atomic mass is 10.1. The number of hydrogen-bond donors (Lipinski definition) is 1. The molecule has 0 spiro atoms. The van der Waals surface area contributed by atoms with Gasteiger partial charge >= 0.3 is 5.97 Å². The Hall–Kier alpha value is -0.900. The Morgan fingerprint density at radius 3 is 2.82 bits per heavy atom. The third kappa shape index (κ3) is 0.860. The first-order valence-electron chi connectivity index (χ1n) is 3.38. The van der Waals surface area contributed by atoms with Gasteiger partial charge in [-0.2, -0.15) is 0 Å². The van der Waals surface area contributed by atoms with E-state index in [0.29, 0.717) is 0 Å². The second kappa shape index (κ2) is 2.04. The molecule has 11 heavy (non-hydrogen) atoms. The highest BCUT2D eigenvalue weighted by Gasteiger charge is 2.53. The summed E-state index contributed by atoms with van der Waals surface area (Å²) in [5.41, 5.74) is 1.80. The van der Waals surface area contributed by atoms with Crippen LogP contribution in [0.15, 0.2) is 10.9 Å². The van der Waals surface area contributed by atoms with Crippen molar-refractivity contribution >= 4 is 17.3 Å². The molecule has 0 aromatic carbocycles. The van der Waals surface area contributed by atoms with Crippen molar-refractivity contribution in [3.05, 3.63) is 16.6 Å². The number of carboxylic acids is 1. The third-order valence-electron chi connectivity index (χ3n) is 2.08. The normalized spacial score (nSPS) is 19.6. The Labute approximate surface area is 67.7 Å². The van der Waals surface area contributed by atoms with E-state index < -0.39 is 11.4 Å². The highest BCUT2D eigenvalue weighted by Crippen LogP contribution is 2.47. The molecule has 0 aliphatic heterocycles. The van der Waals surface area contributed by atoms with Crippen LogP contribution in [0.3, 0.4) is 0 Å². The molecule has 1 aromatic heterocycles. The lowest BCUT2D eigenvalue weighted by Crippen LogP contribution is -2.19. The van der Waals surface area contributed by atoms with Gasteiger partial charge in [0.2, 0.25) is 0 Å². The minimum absolute atomic E-state index is 0.611. The maximum absolute atomic E-state index is 10.7. The van der Waals surface area contributed by atoms with Crippen LogP contribution in [0.1, 0.15) is 18.5 Å². The molecule has 58 valence electrons. The molecule has 3 nitrogen and oxygen atoms in total. The molecule has 1 saturated carbocycles. The minimum Gasteiger partial charge on any atom is -0.481 e. The first kappa shape index (κ1) is 6.79. The van der Waals surface area contributed by atoms with E-state index in [1.165, 1.54) is 11.3 Å². The van der Waals surface area contributed by atoms with E-state index in [-0.39, 0.29) is 0 Å². The molecule has 1 aromatic rings. The van der Waals surface area contributed by atoms with Gasteiger partial charge in [-0.25, -0.2) is 4.98 Å². The van der Waals surface area contributed by atoms with Crippen molar-refractivity contribution in [2.75, 3.05) is 0 Å². The first-order valence-corrected chi connectivity index (χ1v) is 4.32. The summed E-state index contributed by atoms with van der Waals surface area (Å²) >= 11 is 1.45. The summed E-state index contributed by atoms with van der Waals surface area (Å²) in [6.07, 6.45) is 1.48. The van der Waals surface area contributed by atoms with Crippen LogP contribution in [0, 0.1) is 0 Å². The molecular weight excluding hydrogens is 162 g/mol. The predicted molar refractivity (Wildman–Crippen MR) is 40.7 cm³/mol. The third-order valence-corrected chi connectivity index (χ3v) is 2.67.